The predicted octanol–water partition coefficient (Wildman–Crippen LogP) is 3.43. The summed E-state index contributed by atoms with van der Waals surface area (Å²) >= 11 is 9.33. The van der Waals surface area contributed by atoms with Crippen LogP contribution in [0.5, 0.6) is 11.5 Å². The standard InChI is InChI=1S/C15H14BrClN2O4S/c1-22-14-8-10(7-13(17)15(14)23-2)9-18-19-24(20,21)12-5-3-11(16)4-6-12/h3-9,19H,1-2H3/b18-9+. The van der Waals surface area contributed by atoms with E-state index in [0.29, 0.717) is 22.1 Å². The van der Waals surface area contributed by atoms with Gasteiger partial charge in [-0.1, -0.05) is 27.5 Å². The first-order valence-corrected chi connectivity index (χ1v) is 9.24. The van der Waals surface area contributed by atoms with Crippen molar-refractivity contribution < 1.29 is 17.9 Å². The normalized spacial score (nSPS) is 11.5. The molecule has 24 heavy (non-hydrogen) atoms. The summed E-state index contributed by atoms with van der Waals surface area (Å²) in [5.74, 6) is 0.814. The van der Waals surface area contributed by atoms with Gasteiger partial charge in [0.15, 0.2) is 11.5 Å². The Morgan fingerprint density at radius 1 is 1.17 bits per heavy atom. The molecule has 0 heterocycles. The smallest absolute Gasteiger partial charge is 0.276 e. The first-order valence-electron chi connectivity index (χ1n) is 6.59. The molecule has 0 atom stereocenters. The Morgan fingerprint density at radius 3 is 2.42 bits per heavy atom. The summed E-state index contributed by atoms with van der Waals surface area (Å²) < 4.78 is 35.3. The van der Waals surface area contributed by atoms with Gasteiger partial charge in [0.2, 0.25) is 0 Å². The lowest BCUT2D eigenvalue weighted by molar-refractivity contribution is 0.355. The molecule has 0 spiro atoms. The zero-order valence-corrected chi connectivity index (χ0v) is 15.9. The fourth-order valence-corrected chi connectivity index (χ4v) is 3.20. The number of hydrogen-bond acceptors (Lipinski definition) is 5. The molecular weight excluding hydrogens is 420 g/mol. The lowest BCUT2D eigenvalue weighted by Crippen LogP contribution is -2.18. The van der Waals surface area contributed by atoms with Gasteiger partial charge in [0.1, 0.15) is 0 Å². The van der Waals surface area contributed by atoms with Gasteiger partial charge in [-0.15, -0.1) is 0 Å². The summed E-state index contributed by atoms with van der Waals surface area (Å²) in [6, 6.07) is 9.41. The van der Waals surface area contributed by atoms with Crippen LogP contribution in [0.15, 0.2) is 50.9 Å². The lowest BCUT2D eigenvalue weighted by Gasteiger charge is -2.10. The molecule has 0 aromatic heterocycles. The molecule has 1 N–H and O–H groups in total. The zero-order chi connectivity index (χ0) is 17.7. The quantitative estimate of drug-likeness (QED) is 0.559. The second kappa shape index (κ2) is 7.87. The van der Waals surface area contributed by atoms with E-state index in [0.717, 1.165) is 4.47 Å². The molecular formula is C15H14BrClN2O4S. The molecule has 0 bridgehead atoms. The first kappa shape index (κ1) is 18.6. The summed E-state index contributed by atoms with van der Waals surface area (Å²) in [5, 5.41) is 4.08. The van der Waals surface area contributed by atoms with Gasteiger partial charge in [0.25, 0.3) is 10.0 Å². The van der Waals surface area contributed by atoms with Crippen molar-refractivity contribution in [1.82, 2.24) is 4.83 Å². The third kappa shape index (κ3) is 4.40. The molecule has 0 aliphatic heterocycles. The van der Waals surface area contributed by atoms with Gasteiger partial charge in [-0.2, -0.15) is 13.5 Å². The average molecular weight is 434 g/mol. The monoisotopic (exact) mass is 432 g/mol. The van der Waals surface area contributed by atoms with Crippen molar-refractivity contribution >= 4 is 43.8 Å². The number of rotatable bonds is 6. The second-order valence-electron chi connectivity index (χ2n) is 4.55. The molecule has 0 saturated heterocycles. The van der Waals surface area contributed by atoms with Crippen LogP contribution in [0.25, 0.3) is 0 Å². The Hall–Kier alpha value is -1.77. The Balaban J connectivity index is 2.19. The van der Waals surface area contributed by atoms with Gasteiger partial charge in [-0.05, 0) is 42.0 Å². The van der Waals surface area contributed by atoms with E-state index >= 15 is 0 Å². The Bertz CT molecular complexity index is 855. The highest BCUT2D eigenvalue weighted by Gasteiger charge is 2.13. The van der Waals surface area contributed by atoms with Crippen molar-refractivity contribution in [1.29, 1.82) is 0 Å². The van der Waals surface area contributed by atoms with Gasteiger partial charge >= 0.3 is 0 Å². The van der Waals surface area contributed by atoms with E-state index in [-0.39, 0.29) is 4.90 Å². The molecule has 9 heteroatoms. The van der Waals surface area contributed by atoms with Crippen molar-refractivity contribution in [2.45, 2.75) is 4.90 Å². The predicted molar refractivity (Wildman–Crippen MR) is 96.6 cm³/mol. The Kier molecular flexibility index (Phi) is 6.09. The van der Waals surface area contributed by atoms with Gasteiger partial charge in [-0.25, -0.2) is 4.83 Å². The molecule has 0 radical (unpaired) electrons. The van der Waals surface area contributed by atoms with E-state index in [9.17, 15) is 8.42 Å². The second-order valence-corrected chi connectivity index (χ2v) is 7.53. The summed E-state index contributed by atoms with van der Waals surface area (Å²) in [6.45, 7) is 0. The SMILES string of the molecule is COc1cc(/C=N/NS(=O)(=O)c2ccc(Br)cc2)cc(Cl)c1OC. The summed E-state index contributed by atoms with van der Waals surface area (Å²) in [4.78, 5) is 2.24. The number of halogens is 2. The lowest BCUT2D eigenvalue weighted by atomic mass is 10.2. The number of methoxy groups -OCH3 is 2. The minimum absolute atomic E-state index is 0.105. The number of hydrogen-bond donors (Lipinski definition) is 1. The highest BCUT2D eigenvalue weighted by atomic mass is 79.9. The van der Waals surface area contributed by atoms with Crippen LogP contribution in [-0.2, 0) is 10.0 Å². The topological polar surface area (TPSA) is 77.0 Å². The Morgan fingerprint density at radius 2 is 1.83 bits per heavy atom. The molecule has 0 aliphatic rings. The summed E-state index contributed by atoms with van der Waals surface area (Å²) in [7, 11) is -0.790. The highest BCUT2D eigenvalue weighted by Crippen LogP contribution is 2.35. The van der Waals surface area contributed by atoms with Crippen LogP contribution in [0, 0.1) is 0 Å². The number of sulfonamides is 1. The van der Waals surface area contributed by atoms with E-state index in [1.165, 1.54) is 32.6 Å². The fourth-order valence-electron chi connectivity index (χ4n) is 1.85. The average Bonchev–Trinajstić information content (AvgIpc) is 2.54. The third-order valence-corrected chi connectivity index (χ3v) is 5.01. The number of hydrazone groups is 1. The van der Waals surface area contributed by atoms with Crippen LogP contribution in [-0.4, -0.2) is 28.9 Å². The fraction of sp³-hybridized carbons (Fsp3) is 0.133. The van der Waals surface area contributed by atoms with Crippen LogP contribution >= 0.6 is 27.5 Å². The van der Waals surface area contributed by atoms with Gasteiger partial charge < -0.3 is 9.47 Å². The highest BCUT2D eigenvalue weighted by molar-refractivity contribution is 9.10. The van der Waals surface area contributed by atoms with Crippen LogP contribution in [0.1, 0.15) is 5.56 Å². The number of nitrogens with one attached hydrogen (secondary N) is 1. The summed E-state index contributed by atoms with van der Waals surface area (Å²) in [5.41, 5.74) is 0.552. The molecule has 2 rings (SSSR count). The molecule has 0 fully saturated rings. The van der Waals surface area contributed by atoms with Crippen LogP contribution in [0.2, 0.25) is 5.02 Å². The molecule has 2 aromatic rings. The van der Waals surface area contributed by atoms with E-state index in [4.69, 9.17) is 21.1 Å². The molecule has 0 unspecified atom stereocenters. The molecule has 0 aliphatic carbocycles. The van der Waals surface area contributed by atoms with Crippen molar-refractivity contribution in [2.75, 3.05) is 14.2 Å². The van der Waals surface area contributed by atoms with E-state index in [2.05, 4.69) is 25.9 Å². The summed E-state index contributed by atoms with van der Waals surface area (Å²) in [6.07, 6.45) is 1.32. The van der Waals surface area contributed by atoms with Crippen LogP contribution in [0.3, 0.4) is 0 Å². The van der Waals surface area contributed by atoms with Crippen molar-refractivity contribution in [3.05, 3.63) is 51.5 Å². The van der Waals surface area contributed by atoms with E-state index < -0.39 is 10.0 Å². The minimum atomic E-state index is -3.74. The zero-order valence-electron chi connectivity index (χ0n) is 12.8. The van der Waals surface area contributed by atoms with Crippen molar-refractivity contribution in [3.8, 4) is 11.5 Å². The Labute approximate surface area is 153 Å². The van der Waals surface area contributed by atoms with E-state index in [1.54, 1.807) is 24.3 Å². The van der Waals surface area contributed by atoms with Crippen LogP contribution < -0.4 is 14.3 Å². The molecule has 128 valence electrons. The molecule has 2 aromatic carbocycles. The van der Waals surface area contributed by atoms with Gasteiger partial charge in [0.05, 0.1) is 30.4 Å². The minimum Gasteiger partial charge on any atom is -0.493 e. The number of benzene rings is 2. The number of nitrogens with zero attached hydrogens (tertiary/aromatic N) is 1. The maximum atomic E-state index is 12.1. The van der Waals surface area contributed by atoms with Crippen molar-refractivity contribution in [2.24, 2.45) is 5.10 Å². The van der Waals surface area contributed by atoms with Gasteiger partial charge in [0, 0.05) is 4.47 Å². The molecule has 0 amide bonds. The largest absolute Gasteiger partial charge is 0.493 e. The first-order chi connectivity index (χ1) is 11.4. The number of ether oxygens (including phenoxy) is 2. The van der Waals surface area contributed by atoms with Gasteiger partial charge in [-0.3, -0.25) is 0 Å². The van der Waals surface area contributed by atoms with Crippen molar-refractivity contribution in [3.63, 3.8) is 0 Å². The maximum absolute atomic E-state index is 12.1. The van der Waals surface area contributed by atoms with Crippen LogP contribution in [0.4, 0.5) is 0 Å². The molecule has 0 saturated carbocycles. The maximum Gasteiger partial charge on any atom is 0.276 e. The third-order valence-electron chi connectivity index (χ3n) is 2.97. The van der Waals surface area contributed by atoms with E-state index in [1.807, 2.05) is 0 Å². The molecule has 6 nitrogen and oxygen atoms in total.